The van der Waals surface area contributed by atoms with Gasteiger partial charge >= 0.3 is 0 Å². The number of carbonyl (C=O) groups is 1. The van der Waals surface area contributed by atoms with Gasteiger partial charge in [-0.2, -0.15) is 0 Å². The van der Waals surface area contributed by atoms with Gasteiger partial charge in [-0.05, 0) is 54.1 Å². The maximum absolute atomic E-state index is 12.6. The van der Waals surface area contributed by atoms with Crippen LogP contribution in [0, 0.1) is 15.9 Å². The van der Waals surface area contributed by atoms with Gasteiger partial charge in [0.25, 0.3) is 0 Å². The van der Waals surface area contributed by atoms with Crippen LogP contribution >= 0.6 is 22.6 Å². The smallest absolute Gasteiger partial charge is 0.245 e. The number of anilines is 1. The summed E-state index contributed by atoms with van der Waals surface area (Å²) < 4.78 is 6.78. The molecule has 1 fully saturated rings. The molecule has 5 heteroatoms. The van der Waals surface area contributed by atoms with Crippen LogP contribution in [-0.2, 0) is 9.53 Å². The third-order valence-corrected chi connectivity index (χ3v) is 5.83. The van der Waals surface area contributed by atoms with Crippen LogP contribution in [0.4, 0.5) is 5.69 Å². The van der Waals surface area contributed by atoms with Crippen molar-refractivity contribution in [1.29, 1.82) is 0 Å². The van der Waals surface area contributed by atoms with Crippen molar-refractivity contribution in [3.05, 3.63) is 27.3 Å². The highest BCUT2D eigenvalue weighted by molar-refractivity contribution is 14.1. The Morgan fingerprint density at radius 1 is 1.52 bits per heavy atom. The monoisotopic (exact) mass is 402 g/mol. The number of aryl methyl sites for hydroxylation is 1. The number of hydrogen-bond donors (Lipinski definition) is 2. The van der Waals surface area contributed by atoms with Crippen molar-refractivity contribution >= 4 is 34.2 Å². The third kappa shape index (κ3) is 2.83. The number of benzene rings is 1. The second kappa shape index (κ2) is 5.85. The zero-order valence-corrected chi connectivity index (χ0v) is 15.2. The van der Waals surface area contributed by atoms with E-state index in [9.17, 15) is 4.79 Å². The minimum atomic E-state index is -0.886. The van der Waals surface area contributed by atoms with Gasteiger partial charge < -0.3 is 15.8 Å². The van der Waals surface area contributed by atoms with Gasteiger partial charge in [-0.1, -0.05) is 19.9 Å². The number of rotatable bonds is 4. The van der Waals surface area contributed by atoms with Crippen molar-refractivity contribution < 1.29 is 9.53 Å². The normalized spacial score (nSPS) is 27.0. The second-order valence-electron chi connectivity index (χ2n) is 6.26. The summed E-state index contributed by atoms with van der Waals surface area (Å²) in [6.07, 6.45) is 0.596. The Morgan fingerprint density at radius 2 is 2.19 bits per heavy atom. The molecule has 0 aromatic heterocycles. The first-order chi connectivity index (χ1) is 9.72. The van der Waals surface area contributed by atoms with Crippen LogP contribution in [0.25, 0.3) is 0 Å². The molecule has 1 aliphatic carbocycles. The van der Waals surface area contributed by atoms with Gasteiger partial charge in [0.2, 0.25) is 5.91 Å². The summed E-state index contributed by atoms with van der Waals surface area (Å²) in [6.45, 7) is 8.63. The molecule has 1 aromatic carbocycles. The minimum Gasteiger partial charge on any atom is -0.378 e. The average Bonchev–Trinajstić information content (AvgIpc) is 2.42. The molecule has 3 N–H and O–H groups in total. The number of nitrogens with two attached hydrogens (primary N) is 1. The lowest BCUT2D eigenvalue weighted by Crippen LogP contribution is -2.74. The summed E-state index contributed by atoms with van der Waals surface area (Å²) >= 11 is 2.26. The highest BCUT2D eigenvalue weighted by Gasteiger charge is 2.62. The number of halogens is 1. The topological polar surface area (TPSA) is 64.3 Å². The van der Waals surface area contributed by atoms with Gasteiger partial charge in [-0.15, -0.1) is 0 Å². The van der Waals surface area contributed by atoms with E-state index in [0.29, 0.717) is 13.0 Å². The lowest BCUT2D eigenvalue weighted by atomic mass is 9.54. The minimum absolute atomic E-state index is 0.0383. The molecule has 1 aliphatic rings. The number of ether oxygens (including phenoxy) is 1. The average molecular weight is 402 g/mol. The van der Waals surface area contributed by atoms with Gasteiger partial charge in [-0.3, -0.25) is 4.79 Å². The van der Waals surface area contributed by atoms with E-state index in [1.807, 2.05) is 45.9 Å². The molecule has 1 amide bonds. The first-order valence-corrected chi connectivity index (χ1v) is 8.28. The summed E-state index contributed by atoms with van der Waals surface area (Å²) in [5, 5.41) is 2.95. The highest BCUT2D eigenvalue weighted by Crippen LogP contribution is 2.50. The van der Waals surface area contributed by atoms with Crippen molar-refractivity contribution in [2.45, 2.75) is 45.8 Å². The summed E-state index contributed by atoms with van der Waals surface area (Å²) in [5.74, 6) is -0.136. The van der Waals surface area contributed by atoms with Gasteiger partial charge in [0, 0.05) is 27.7 Å². The molecule has 2 atom stereocenters. The Labute approximate surface area is 140 Å². The summed E-state index contributed by atoms with van der Waals surface area (Å²) in [5.41, 5.74) is 7.09. The summed E-state index contributed by atoms with van der Waals surface area (Å²) in [7, 11) is 0. The second-order valence-corrected chi connectivity index (χ2v) is 7.42. The molecule has 21 heavy (non-hydrogen) atoms. The molecule has 0 radical (unpaired) electrons. The molecule has 116 valence electrons. The van der Waals surface area contributed by atoms with Gasteiger partial charge in [-0.25, -0.2) is 0 Å². The van der Waals surface area contributed by atoms with Gasteiger partial charge in [0.1, 0.15) is 5.54 Å². The molecule has 2 unspecified atom stereocenters. The van der Waals surface area contributed by atoms with Crippen LogP contribution in [0.3, 0.4) is 0 Å². The van der Waals surface area contributed by atoms with Crippen molar-refractivity contribution in [3.63, 3.8) is 0 Å². The fraction of sp³-hybridized carbons (Fsp3) is 0.562. The van der Waals surface area contributed by atoms with E-state index in [4.69, 9.17) is 10.5 Å². The molecule has 0 bridgehead atoms. The number of nitrogens with one attached hydrogen (secondary N) is 1. The van der Waals surface area contributed by atoms with Crippen LogP contribution in [0.2, 0.25) is 0 Å². The molecule has 4 nitrogen and oxygen atoms in total. The molecule has 0 saturated heterocycles. The van der Waals surface area contributed by atoms with Gasteiger partial charge in [0.05, 0.1) is 6.10 Å². The fourth-order valence-corrected chi connectivity index (χ4v) is 3.25. The summed E-state index contributed by atoms with van der Waals surface area (Å²) in [6, 6.07) is 5.86. The van der Waals surface area contributed by atoms with Crippen LogP contribution in [-0.4, -0.2) is 24.2 Å². The SMILES string of the molecule is CCOC1CC(N)(C(=O)Nc2ccc(C)c(I)c2)C1(C)C. The van der Waals surface area contributed by atoms with Gasteiger partial charge in [0.15, 0.2) is 0 Å². The predicted octanol–water partition coefficient (Wildman–Crippen LogP) is 3.07. The van der Waals surface area contributed by atoms with Crippen molar-refractivity contribution in [2.24, 2.45) is 11.1 Å². The van der Waals surface area contributed by atoms with E-state index in [2.05, 4.69) is 27.9 Å². The maximum Gasteiger partial charge on any atom is 0.245 e. The quantitative estimate of drug-likeness (QED) is 0.761. The van der Waals surface area contributed by atoms with E-state index in [-0.39, 0.29) is 17.4 Å². The molecular weight excluding hydrogens is 379 g/mol. The maximum atomic E-state index is 12.6. The number of carbonyl (C=O) groups excluding carboxylic acids is 1. The Kier molecular flexibility index (Phi) is 4.66. The first kappa shape index (κ1) is 16.7. The van der Waals surface area contributed by atoms with Crippen molar-refractivity contribution in [3.8, 4) is 0 Å². The molecule has 2 rings (SSSR count). The zero-order valence-electron chi connectivity index (χ0n) is 13.0. The van der Waals surface area contributed by atoms with Crippen molar-refractivity contribution in [1.82, 2.24) is 0 Å². The predicted molar refractivity (Wildman–Crippen MR) is 93.3 cm³/mol. The Morgan fingerprint density at radius 3 is 2.71 bits per heavy atom. The zero-order chi connectivity index (χ0) is 15.8. The lowest BCUT2D eigenvalue weighted by Gasteiger charge is -2.57. The van der Waals surface area contributed by atoms with Crippen LogP contribution in [0.1, 0.15) is 32.8 Å². The summed E-state index contributed by atoms with van der Waals surface area (Å²) in [4.78, 5) is 12.6. The van der Waals surface area contributed by atoms with Crippen LogP contribution in [0.5, 0.6) is 0 Å². The molecule has 0 spiro atoms. The Hall–Kier alpha value is -0.660. The van der Waals surface area contributed by atoms with E-state index in [1.165, 1.54) is 5.56 Å². The van der Waals surface area contributed by atoms with Crippen LogP contribution < -0.4 is 11.1 Å². The van der Waals surface area contributed by atoms with Crippen molar-refractivity contribution in [2.75, 3.05) is 11.9 Å². The molecule has 0 aliphatic heterocycles. The lowest BCUT2D eigenvalue weighted by molar-refractivity contribution is -0.166. The van der Waals surface area contributed by atoms with E-state index in [1.54, 1.807) is 0 Å². The highest BCUT2D eigenvalue weighted by atomic mass is 127. The number of hydrogen-bond acceptors (Lipinski definition) is 3. The molecule has 1 saturated carbocycles. The number of amides is 1. The van der Waals surface area contributed by atoms with E-state index in [0.717, 1.165) is 9.26 Å². The Bertz CT molecular complexity index is 559. The third-order valence-electron chi connectivity index (χ3n) is 4.66. The standard InChI is InChI=1S/C16H23IN2O2/c1-5-21-13-9-16(18,15(13,3)4)14(20)19-11-7-6-10(2)12(17)8-11/h6-8,13H,5,9,18H2,1-4H3,(H,19,20). The van der Waals surface area contributed by atoms with E-state index < -0.39 is 5.54 Å². The molecule has 1 aromatic rings. The Balaban J connectivity index is 2.12. The first-order valence-electron chi connectivity index (χ1n) is 7.20. The largest absolute Gasteiger partial charge is 0.378 e. The fourth-order valence-electron chi connectivity index (χ4n) is 2.73. The molecule has 0 heterocycles. The van der Waals surface area contributed by atoms with Crippen LogP contribution in [0.15, 0.2) is 18.2 Å². The molecular formula is C16H23IN2O2. The van der Waals surface area contributed by atoms with E-state index >= 15 is 0 Å².